The Morgan fingerprint density at radius 1 is 1.14 bits per heavy atom. The van der Waals surface area contributed by atoms with Crippen LogP contribution in [0.1, 0.15) is 44.7 Å². The lowest BCUT2D eigenvalue weighted by Crippen LogP contribution is -2.43. The van der Waals surface area contributed by atoms with Gasteiger partial charge in [0.05, 0.1) is 5.69 Å². The van der Waals surface area contributed by atoms with Gasteiger partial charge in [0.15, 0.2) is 0 Å². The zero-order valence-corrected chi connectivity index (χ0v) is 13.5. The van der Waals surface area contributed by atoms with Gasteiger partial charge in [-0.3, -0.25) is 4.79 Å². The SMILES string of the molecule is CC(C)(C)NC(=O)Nc1cc2c3c(c1)CCC(=O)N3CCC2. The van der Waals surface area contributed by atoms with Crippen LogP contribution >= 0.6 is 0 Å². The van der Waals surface area contributed by atoms with E-state index in [1.807, 2.05) is 37.8 Å². The Kier molecular flexibility index (Phi) is 3.59. The predicted octanol–water partition coefficient (Wildman–Crippen LogP) is 2.83. The van der Waals surface area contributed by atoms with Crippen molar-refractivity contribution in [3.05, 3.63) is 23.3 Å². The molecular weight excluding hydrogens is 278 g/mol. The van der Waals surface area contributed by atoms with Gasteiger partial charge in [-0.15, -0.1) is 0 Å². The van der Waals surface area contributed by atoms with Gasteiger partial charge in [0.1, 0.15) is 0 Å². The number of nitrogens with zero attached hydrogens (tertiary/aromatic N) is 1. The second kappa shape index (κ2) is 5.30. The fraction of sp³-hybridized carbons (Fsp3) is 0.529. The first kappa shape index (κ1) is 14.9. The van der Waals surface area contributed by atoms with Gasteiger partial charge < -0.3 is 15.5 Å². The van der Waals surface area contributed by atoms with E-state index in [4.69, 9.17) is 0 Å². The third-order valence-electron chi connectivity index (χ3n) is 4.02. The molecule has 0 atom stereocenters. The molecule has 5 heteroatoms. The molecule has 3 amide bonds. The molecule has 3 rings (SSSR count). The van der Waals surface area contributed by atoms with Crippen molar-refractivity contribution in [1.29, 1.82) is 0 Å². The number of hydrogen-bond donors (Lipinski definition) is 2. The second-order valence-corrected chi connectivity index (χ2v) is 7.12. The fourth-order valence-electron chi connectivity index (χ4n) is 3.23. The Labute approximate surface area is 131 Å². The van der Waals surface area contributed by atoms with E-state index in [2.05, 4.69) is 10.6 Å². The molecule has 0 aliphatic carbocycles. The summed E-state index contributed by atoms with van der Waals surface area (Å²) >= 11 is 0. The molecule has 0 aromatic heterocycles. The smallest absolute Gasteiger partial charge is 0.319 e. The maximum Gasteiger partial charge on any atom is 0.319 e. The highest BCUT2D eigenvalue weighted by molar-refractivity contribution is 5.99. The van der Waals surface area contributed by atoms with Gasteiger partial charge >= 0.3 is 6.03 Å². The largest absolute Gasteiger partial charge is 0.333 e. The van der Waals surface area contributed by atoms with Crippen LogP contribution in [0.15, 0.2) is 12.1 Å². The lowest BCUT2D eigenvalue weighted by atomic mass is 9.91. The van der Waals surface area contributed by atoms with E-state index in [9.17, 15) is 9.59 Å². The highest BCUT2D eigenvalue weighted by Crippen LogP contribution is 2.37. The van der Waals surface area contributed by atoms with Crippen molar-refractivity contribution in [2.45, 2.75) is 52.0 Å². The molecule has 0 saturated carbocycles. The van der Waals surface area contributed by atoms with E-state index < -0.39 is 0 Å². The van der Waals surface area contributed by atoms with Crippen LogP contribution in [0.2, 0.25) is 0 Å². The van der Waals surface area contributed by atoms with E-state index in [-0.39, 0.29) is 17.5 Å². The van der Waals surface area contributed by atoms with Gasteiger partial charge in [-0.1, -0.05) is 0 Å². The third kappa shape index (κ3) is 2.93. The quantitative estimate of drug-likeness (QED) is 0.838. The summed E-state index contributed by atoms with van der Waals surface area (Å²) in [6, 6.07) is 3.82. The average molecular weight is 301 g/mol. The molecule has 2 heterocycles. The zero-order chi connectivity index (χ0) is 15.9. The minimum Gasteiger partial charge on any atom is -0.333 e. The van der Waals surface area contributed by atoms with E-state index >= 15 is 0 Å². The van der Waals surface area contributed by atoms with Crippen molar-refractivity contribution >= 4 is 23.3 Å². The Hall–Kier alpha value is -2.04. The van der Waals surface area contributed by atoms with Crippen molar-refractivity contribution in [2.24, 2.45) is 0 Å². The molecule has 0 bridgehead atoms. The zero-order valence-electron chi connectivity index (χ0n) is 13.5. The molecule has 0 spiro atoms. The van der Waals surface area contributed by atoms with Gasteiger partial charge in [-0.25, -0.2) is 4.79 Å². The molecule has 0 unspecified atom stereocenters. The number of nitrogens with one attached hydrogen (secondary N) is 2. The number of aryl methyl sites for hydroxylation is 2. The van der Waals surface area contributed by atoms with Crippen LogP contribution in [0, 0.1) is 0 Å². The van der Waals surface area contributed by atoms with Gasteiger partial charge in [0.2, 0.25) is 5.91 Å². The van der Waals surface area contributed by atoms with E-state index in [0.717, 1.165) is 37.2 Å². The van der Waals surface area contributed by atoms with Gasteiger partial charge in [-0.2, -0.15) is 0 Å². The standard InChI is InChI=1S/C17H23N3O2/c1-17(2,3)19-16(22)18-13-9-11-5-4-8-20-14(21)7-6-12(10-13)15(11)20/h9-10H,4-8H2,1-3H3,(H2,18,19,22). The molecule has 1 aromatic rings. The number of urea groups is 1. The summed E-state index contributed by atoms with van der Waals surface area (Å²) in [6.45, 7) is 6.67. The lowest BCUT2D eigenvalue weighted by Gasteiger charge is -2.35. The molecule has 1 aromatic carbocycles. The number of rotatable bonds is 1. The molecule has 2 aliphatic heterocycles. The summed E-state index contributed by atoms with van der Waals surface area (Å²) in [5.41, 5.74) is 3.97. The molecule has 0 radical (unpaired) electrons. The number of carbonyl (C=O) groups is 2. The van der Waals surface area contributed by atoms with Crippen molar-refractivity contribution < 1.29 is 9.59 Å². The topological polar surface area (TPSA) is 61.4 Å². The van der Waals surface area contributed by atoms with Crippen LogP contribution in [0.25, 0.3) is 0 Å². The number of amides is 3. The third-order valence-corrected chi connectivity index (χ3v) is 4.02. The first-order valence-corrected chi connectivity index (χ1v) is 7.89. The van der Waals surface area contributed by atoms with Crippen LogP contribution in [-0.4, -0.2) is 24.0 Å². The van der Waals surface area contributed by atoms with Crippen molar-refractivity contribution in [2.75, 3.05) is 16.8 Å². The average Bonchev–Trinajstić information content (AvgIpc) is 2.40. The van der Waals surface area contributed by atoms with Gasteiger partial charge in [0, 0.05) is 24.2 Å². The van der Waals surface area contributed by atoms with E-state index in [1.165, 1.54) is 11.1 Å². The Bertz CT molecular complexity index is 614. The highest BCUT2D eigenvalue weighted by Gasteiger charge is 2.29. The second-order valence-electron chi connectivity index (χ2n) is 7.12. The number of benzene rings is 1. The van der Waals surface area contributed by atoms with Crippen LogP contribution in [0.4, 0.5) is 16.2 Å². The summed E-state index contributed by atoms with van der Waals surface area (Å²) in [5.74, 6) is 0.222. The summed E-state index contributed by atoms with van der Waals surface area (Å²) in [6.07, 6.45) is 3.26. The van der Waals surface area contributed by atoms with Crippen LogP contribution in [-0.2, 0) is 17.6 Å². The Morgan fingerprint density at radius 3 is 2.50 bits per heavy atom. The fourth-order valence-corrected chi connectivity index (χ4v) is 3.23. The minimum atomic E-state index is -0.268. The van der Waals surface area contributed by atoms with E-state index in [1.54, 1.807) is 0 Å². The normalized spacial score (nSPS) is 17.0. The van der Waals surface area contributed by atoms with Crippen LogP contribution < -0.4 is 15.5 Å². The summed E-state index contributed by atoms with van der Waals surface area (Å²) < 4.78 is 0. The first-order chi connectivity index (χ1) is 10.3. The van der Waals surface area contributed by atoms with Gasteiger partial charge in [-0.05, 0) is 63.3 Å². The molecule has 0 fully saturated rings. The molecule has 5 nitrogen and oxygen atoms in total. The Balaban J connectivity index is 1.87. The predicted molar refractivity (Wildman–Crippen MR) is 87.3 cm³/mol. The monoisotopic (exact) mass is 301 g/mol. The maximum absolute atomic E-state index is 12.0. The first-order valence-electron chi connectivity index (χ1n) is 7.89. The molecule has 0 saturated heterocycles. The van der Waals surface area contributed by atoms with Crippen molar-refractivity contribution in [3.8, 4) is 0 Å². The molecular formula is C17H23N3O2. The number of hydrogen-bond acceptors (Lipinski definition) is 2. The molecule has 22 heavy (non-hydrogen) atoms. The molecule has 2 N–H and O–H groups in total. The molecule has 118 valence electrons. The number of anilines is 2. The highest BCUT2D eigenvalue weighted by atomic mass is 16.2. The van der Waals surface area contributed by atoms with Crippen LogP contribution in [0.3, 0.4) is 0 Å². The minimum absolute atomic E-state index is 0.195. The summed E-state index contributed by atoms with van der Waals surface area (Å²) in [5, 5.41) is 5.82. The van der Waals surface area contributed by atoms with Crippen LogP contribution in [0.5, 0.6) is 0 Å². The van der Waals surface area contributed by atoms with Crippen molar-refractivity contribution in [1.82, 2.24) is 5.32 Å². The Morgan fingerprint density at radius 2 is 1.82 bits per heavy atom. The maximum atomic E-state index is 12.0. The number of carbonyl (C=O) groups excluding carboxylic acids is 2. The van der Waals surface area contributed by atoms with Gasteiger partial charge in [0.25, 0.3) is 0 Å². The lowest BCUT2D eigenvalue weighted by molar-refractivity contribution is -0.119. The summed E-state index contributed by atoms with van der Waals surface area (Å²) in [7, 11) is 0. The van der Waals surface area contributed by atoms with Crippen molar-refractivity contribution in [3.63, 3.8) is 0 Å². The molecule has 2 aliphatic rings. The summed E-state index contributed by atoms with van der Waals surface area (Å²) in [4.78, 5) is 26.0. The van der Waals surface area contributed by atoms with E-state index in [0.29, 0.717) is 6.42 Å².